The van der Waals surface area contributed by atoms with Crippen molar-refractivity contribution in [3.05, 3.63) is 35.4 Å². The molecular weight excluding hydrogens is 298 g/mol. The number of hydrogen-bond acceptors (Lipinski definition) is 4. The maximum absolute atomic E-state index is 11.7. The Labute approximate surface area is 133 Å². The summed E-state index contributed by atoms with van der Waals surface area (Å²) in [6.45, 7) is 0. The number of hydrogen-bond donors (Lipinski definition) is 3. The lowest BCUT2D eigenvalue weighted by molar-refractivity contribution is -0.139. The van der Waals surface area contributed by atoms with Gasteiger partial charge in [0.15, 0.2) is 0 Å². The highest BCUT2D eigenvalue weighted by atomic mass is 16.4. The number of hydrazone groups is 1. The fraction of sp³-hybridized carbons (Fsp3) is 0.375. The lowest BCUT2D eigenvalue weighted by atomic mass is 9.95. The Kier molecular flexibility index (Phi) is 5.85. The number of aromatic carboxylic acids is 1. The monoisotopic (exact) mass is 317 g/mol. The second kappa shape index (κ2) is 8.07. The third-order valence-corrected chi connectivity index (χ3v) is 3.71. The van der Waals surface area contributed by atoms with Crippen molar-refractivity contribution in [2.24, 2.45) is 5.10 Å². The molecule has 1 saturated carbocycles. The maximum Gasteiger partial charge on any atom is 0.336 e. The fourth-order valence-corrected chi connectivity index (χ4v) is 2.51. The van der Waals surface area contributed by atoms with E-state index in [0.717, 1.165) is 32.1 Å². The predicted molar refractivity (Wildman–Crippen MR) is 84.2 cm³/mol. The van der Waals surface area contributed by atoms with Gasteiger partial charge in [0, 0.05) is 11.6 Å². The molecule has 23 heavy (non-hydrogen) atoms. The molecule has 0 aliphatic heterocycles. The summed E-state index contributed by atoms with van der Waals surface area (Å²) in [6.07, 6.45) is 6.23. The summed E-state index contributed by atoms with van der Waals surface area (Å²) < 4.78 is 0. The van der Waals surface area contributed by atoms with Crippen molar-refractivity contribution in [1.82, 2.24) is 10.7 Å². The molecule has 1 aliphatic rings. The third-order valence-electron chi connectivity index (χ3n) is 3.71. The predicted octanol–water partition coefficient (Wildman–Crippen LogP) is 1.28. The van der Waals surface area contributed by atoms with Crippen LogP contribution in [0.3, 0.4) is 0 Å². The number of amides is 2. The van der Waals surface area contributed by atoms with Crippen molar-refractivity contribution in [2.75, 3.05) is 0 Å². The van der Waals surface area contributed by atoms with Crippen molar-refractivity contribution < 1.29 is 19.5 Å². The third kappa shape index (κ3) is 4.91. The minimum absolute atomic E-state index is 0.0405. The van der Waals surface area contributed by atoms with Crippen molar-refractivity contribution in [3.63, 3.8) is 0 Å². The minimum Gasteiger partial charge on any atom is -0.478 e. The quantitative estimate of drug-likeness (QED) is 0.441. The van der Waals surface area contributed by atoms with E-state index in [2.05, 4.69) is 15.8 Å². The number of nitrogens with zero attached hydrogens (tertiary/aromatic N) is 1. The second-order valence-electron chi connectivity index (χ2n) is 5.40. The van der Waals surface area contributed by atoms with Gasteiger partial charge in [0.1, 0.15) is 0 Å². The largest absolute Gasteiger partial charge is 0.478 e. The van der Waals surface area contributed by atoms with Crippen molar-refractivity contribution in [3.8, 4) is 0 Å². The van der Waals surface area contributed by atoms with E-state index in [9.17, 15) is 14.4 Å². The smallest absolute Gasteiger partial charge is 0.336 e. The van der Waals surface area contributed by atoms with Crippen molar-refractivity contribution in [2.45, 2.75) is 38.1 Å². The van der Waals surface area contributed by atoms with Crippen LogP contribution >= 0.6 is 0 Å². The first-order valence-electron chi connectivity index (χ1n) is 7.54. The lowest BCUT2D eigenvalue weighted by Crippen LogP contribution is -2.44. The molecule has 7 nitrogen and oxygen atoms in total. The van der Waals surface area contributed by atoms with E-state index in [1.807, 2.05) is 0 Å². The first kappa shape index (κ1) is 16.7. The van der Waals surface area contributed by atoms with Gasteiger partial charge in [-0.15, -0.1) is 0 Å². The Balaban J connectivity index is 1.88. The highest BCUT2D eigenvalue weighted by Gasteiger charge is 2.20. The van der Waals surface area contributed by atoms with Crippen molar-refractivity contribution >= 4 is 24.0 Å². The summed E-state index contributed by atoms with van der Waals surface area (Å²) in [6, 6.07) is 6.28. The zero-order chi connectivity index (χ0) is 16.7. The van der Waals surface area contributed by atoms with Gasteiger partial charge in [-0.2, -0.15) is 5.10 Å². The molecule has 122 valence electrons. The molecule has 0 saturated heterocycles. The van der Waals surface area contributed by atoms with E-state index >= 15 is 0 Å². The van der Waals surface area contributed by atoms with Gasteiger partial charge >= 0.3 is 17.8 Å². The van der Waals surface area contributed by atoms with Crippen LogP contribution in [0.5, 0.6) is 0 Å². The molecule has 0 atom stereocenters. The van der Waals surface area contributed by atoms with E-state index in [0.29, 0.717) is 5.56 Å². The van der Waals surface area contributed by atoms with Crippen LogP contribution in [0.25, 0.3) is 0 Å². The number of rotatable bonds is 4. The molecule has 0 bridgehead atoms. The molecule has 1 aromatic rings. The Morgan fingerprint density at radius 1 is 1.09 bits per heavy atom. The molecule has 0 spiro atoms. The van der Waals surface area contributed by atoms with Crippen LogP contribution in [0, 0.1) is 0 Å². The summed E-state index contributed by atoms with van der Waals surface area (Å²) in [5.74, 6) is -2.67. The van der Waals surface area contributed by atoms with Crippen LogP contribution in [0.2, 0.25) is 0 Å². The Morgan fingerprint density at radius 3 is 2.48 bits per heavy atom. The summed E-state index contributed by atoms with van der Waals surface area (Å²) in [5, 5.41) is 15.4. The van der Waals surface area contributed by atoms with Crippen LogP contribution in [0.1, 0.15) is 48.0 Å². The Morgan fingerprint density at radius 2 is 1.78 bits per heavy atom. The normalized spacial score (nSPS) is 15.3. The summed E-state index contributed by atoms with van der Waals surface area (Å²) >= 11 is 0. The maximum atomic E-state index is 11.7. The zero-order valence-electron chi connectivity index (χ0n) is 12.6. The van der Waals surface area contributed by atoms with Gasteiger partial charge in [0.05, 0.1) is 11.8 Å². The van der Waals surface area contributed by atoms with Gasteiger partial charge in [0.25, 0.3) is 0 Å². The van der Waals surface area contributed by atoms with E-state index in [1.54, 1.807) is 18.2 Å². The lowest BCUT2D eigenvalue weighted by Gasteiger charge is -2.22. The van der Waals surface area contributed by atoms with Gasteiger partial charge in [-0.1, -0.05) is 37.5 Å². The molecule has 0 aromatic heterocycles. The summed E-state index contributed by atoms with van der Waals surface area (Å²) in [7, 11) is 0. The fourth-order valence-electron chi connectivity index (χ4n) is 2.51. The Hall–Kier alpha value is -2.70. The number of carbonyl (C=O) groups is 3. The molecule has 0 radical (unpaired) electrons. The van der Waals surface area contributed by atoms with Crippen LogP contribution < -0.4 is 10.7 Å². The highest BCUT2D eigenvalue weighted by molar-refractivity contribution is 6.35. The SMILES string of the molecule is O=C(N/N=C\c1ccccc1C(=O)O)C(=O)NC1CCCCC1. The second-order valence-corrected chi connectivity index (χ2v) is 5.40. The van der Waals surface area contributed by atoms with Gasteiger partial charge in [-0.3, -0.25) is 9.59 Å². The van der Waals surface area contributed by atoms with Gasteiger partial charge in [0.2, 0.25) is 0 Å². The number of nitrogens with one attached hydrogen (secondary N) is 2. The van der Waals surface area contributed by atoms with Crippen molar-refractivity contribution in [1.29, 1.82) is 0 Å². The topological polar surface area (TPSA) is 108 Å². The number of carbonyl (C=O) groups excluding carboxylic acids is 2. The van der Waals surface area contributed by atoms with Gasteiger partial charge in [-0.25, -0.2) is 10.2 Å². The van der Waals surface area contributed by atoms with Crippen LogP contribution in [0.4, 0.5) is 0 Å². The molecule has 7 heteroatoms. The van der Waals surface area contributed by atoms with E-state index < -0.39 is 17.8 Å². The Bertz CT molecular complexity index is 622. The highest BCUT2D eigenvalue weighted by Crippen LogP contribution is 2.17. The standard InChI is InChI=1S/C16H19N3O4/c20-14(18-12-7-2-1-3-8-12)15(21)19-17-10-11-6-4-5-9-13(11)16(22)23/h4-6,9-10,12H,1-3,7-8H2,(H,18,20)(H,19,21)(H,22,23)/b17-10-. The number of carboxylic acid groups (broad SMARTS) is 1. The number of benzene rings is 1. The average Bonchev–Trinajstić information content (AvgIpc) is 2.56. The molecule has 2 rings (SSSR count). The van der Waals surface area contributed by atoms with E-state index in [-0.39, 0.29) is 11.6 Å². The summed E-state index contributed by atoms with van der Waals surface area (Å²) in [4.78, 5) is 34.4. The molecule has 2 amide bonds. The molecule has 0 unspecified atom stereocenters. The zero-order valence-corrected chi connectivity index (χ0v) is 12.6. The molecule has 1 aromatic carbocycles. The van der Waals surface area contributed by atoms with Crippen LogP contribution in [0.15, 0.2) is 29.4 Å². The van der Waals surface area contributed by atoms with Gasteiger partial charge in [-0.05, 0) is 18.9 Å². The molecular formula is C16H19N3O4. The molecule has 1 aliphatic carbocycles. The van der Waals surface area contributed by atoms with E-state index in [4.69, 9.17) is 5.11 Å². The molecule has 1 fully saturated rings. The van der Waals surface area contributed by atoms with Crippen LogP contribution in [-0.2, 0) is 9.59 Å². The first-order chi connectivity index (χ1) is 11.1. The van der Waals surface area contributed by atoms with E-state index in [1.165, 1.54) is 12.3 Å². The molecule has 0 heterocycles. The van der Waals surface area contributed by atoms with Crippen LogP contribution in [-0.4, -0.2) is 35.1 Å². The summed E-state index contributed by atoms with van der Waals surface area (Å²) in [5.41, 5.74) is 2.52. The average molecular weight is 317 g/mol. The molecule has 3 N–H and O–H groups in total. The number of carboxylic acids is 1. The first-order valence-corrected chi connectivity index (χ1v) is 7.54. The minimum atomic E-state index is -1.09. The van der Waals surface area contributed by atoms with Gasteiger partial charge < -0.3 is 10.4 Å².